The summed E-state index contributed by atoms with van der Waals surface area (Å²) in [6.07, 6.45) is 3.07. The molecule has 7 nitrogen and oxygen atoms in total. The lowest BCUT2D eigenvalue weighted by molar-refractivity contribution is -0.136. The van der Waals surface area contributed by atoms with Crippen LogP contribution in [0.5, 0.6) is 0 Å². The van der Waals surface area contributed by atoms with Gasteiger partial charge >= 0.3 is 0 Å². The quantitative estimate of drug-likeness (QED) is 0.283. The number of aromatic nitrogens is 1. The Morgan fingerprint density at radius 2 is 2.05 bits per heavy atom. The summed E-state index contributed by atoms with van der Waals surface area (Å²) in [5.41, 5.74) is 3.48. The van der Waals surface area contributed by atoms with Gasteiger partial charge in [-0.05, 0) is 80.0 Å². The number of benzene rings is 1. The van der Waals surface area contributed by atoms with Gasteiger partial charge in [0, 0.05) is 24.7 Å². The van der Waals surface area contributed by atoms with Gasteiger partial charge in [-0.2, -0.15) is 0 Å². The van der Waals surface area contributed by atoms with Crippen LogP contribution in [0.15, 0.2) is 30.3 Å². The van der Waals surface area contributed by atoms with Crippen molar-refractivity contribution in [2.24, 2.45) is 5.92 Å². The van der Waals surface area contributed by atoms with Crippen molar-refractivity contribution in [3.63, 3.8) is 0 Å². The predicted octanol–water partition coefficient (Wildman–Crippen LogP) is 3.92. The second kappa shape index (κ2) is 12.8. The number of pyridine rings is 1. The molecule has 9 heteroatoms. The molecule has 1 aromatic carbocycles. The van der Waals surface area contributed by atoms with Crippen molar-refractivity contribution in [1.82, 2.24) is 9.88 Å². The van der Waals surface area contributed by atoms with Crippen molar-refractivity contribution >= 4 is 5.82 Å². The number of likely N-dealkylation sites (tertiary alicyclic amines) is 1. The number of aryl methyl sites for hydroxylation is 2. The van der Waals surface area contributed by atoms with Crippen LogP contribution >= 0.6 is 0 Å². The summed E-state index contributed by atoms with van der Waals surface area (Å²) >= 11 is 0. The summed E-state index contributed by atoms with van der Waals surface area (Å²) in [6.45, 7) is 3.15. The Morgan fingerprint density at radius 1 is 1.18 bits per heavy atom. The fourth-order valence-corrected chi connectivity index (χ4v) is 5.79. The van der Waals surface area contributed by atoms with Crippen molar-refractivity contribution in [3.8, 4) is 0 Å². The third-order valence-corrected chi connectivity index (χ3v) is 8.07. The second-order valence-electron chi connectivity index (χ2n) is 10.8. The van der Waals surface area contributed by atoms with E-state index in [2.05, 4.69) is 17.4 Å². The minimum Gasteiger partial charge on any atom is -0.376 e. The van der Waals surface area contributed by atoms with Gasteiger partial charge < -0.3 is 25.0 Å². The lowest BCUT2D eigenvalue weighted by atomic mass is 9.96. The molecule has 0 spiro atoms. The summed E-state index contributed by atoms with van der Waals surface area (Å²) < 4.78 is 40.4. The zero-order valence-corrected chi connectivity index (χ0v) is 21.8. The summed E-state index contributed by atoms with van der Waals surface area (Å²) in [5, 5.41) is 23.9. The van der Waals surface area contributed by atoms with E-state index < -0.39 is 24.3 Å². The van der Waals surface area contributed by atoms with Gasteiger partial charge in [-0.3, -0.25) is 4.90 Å². The Morgan fingerprint density at radius 3 is 2.84 bits per heavy atom. The van der Waals surface area contributed by atoms with Crippen molar-refractivity contribution < 1.29 is 28.5 Å². The average molecular weight is 532 g/mol. The normalized spacial score (nSPS) is 21.7. The molecule has 0 saturated carbocycles. The summed E-state index contributed by atoms with van der Waals surface area (Å²) in [5.74, 6) is 0.348. The molecule has 5 rings (SSSR count). The van der Waals surface area contributed by atoms with Crippen LogP contribution in [0.3, 0.4) is 0 Å². The van der Waals surface area contributed by atoms with Gasteiger partial charge in [-0.15, -0.1) is 0 Å². The lowest BCUT2D eigenvalue weighted by Crippen LogP contribution is -2.37. The van der Waals surface area contributed by atoms with Crippen LogP contribution in [0.1, 0.15) is 60.5 Å². The molecular formula is C29H39F2N3O4. The van der Waals surface area contributed by atoms with Crippen LogP contribution < -0.4 is 5.32 Å². The molecule has 0 radical (unpaired) electrons. The fraction of sp³-hybridized carbons (Fsp3) is 0.621. The molecule has 2 saturated heterocycles. The Balaban J connectivity index is 1.13. The first kappa shape index (κ1) is 27.4. The van der Waals surface area contributed by atoms with Crippen LogP contribution in [-0.2, 0) is 28.9 Å². The first-order chi connectivity index (χ1) is 18.5. The van der Waals surface area contributed by atoms with Crippen LogP contribution in [0.25, 0.3) is 0 Å². The number of aliphatic hydroxyl groups excluding tert-OH is 1. The first-order valence-corrected chi connectivity index (χ1v) is 13.9. The second-order valence-corrected chi connectivity index (χ2v) is 10.8. The van der Waals surface area contributed by atoms with Gasteiger partial charge in [0.15, 0.2) is 6.29 Å². The number of hydrogen-bond donors (Lipinski definition) is 3. The standard InChI is InChI=1S/C29H39F2N3O4/c30-22-9-7-21(16-38-24-17-37-18-24)25(14-22)27(29(35)36)34-13-11-20(15-34)26(31)6-2-1-5-23-10-8-19-4-3-12-32-28(19)33-23/h7-10,14,20,24,26-27,29,35-36H,1-6,11-13,15-18H2,(H,32,33)/t20-,26?,27?/m1/s1. The van der Waals surface area contributed by atoms with E-state index in [1.54, 1.807) is 6.07 Å². The summed E-state index contributed by atoms with van der Waals surface area (Å²) in [6, 6.07) is 7.70. The summed E-state index contributed by atoms with van der Waals surface area (Å²) in [7, 11) is 0. The molecule has 3 N–H and O–H groups in total. The smallest absolute Gasteiger partial charge is 0.171 e. The van der Waals surface area contributed by atoms with Crippen LogP contribution in [-0.4, -0.2) is 71.5 Å². The topological polar surface area (TPSA) is 87.1 Å². The SMILES string of the molecule is OC(O)C(c1cc(F)ccc1COC1COC1)N1CC[C@@H](C(F)CCCCc2ccc3c(n2)NCCC3)C1. The van der Waals surface area contributed by atoms with Gasteiger partial charge in [-0.1, -0.05) is 18.6 Å². The molecule has 0 amide bonds. The third-order valence-electron chi connectivity index (χ3n) is 8.07. The highest BCUT2D eigenvalue weighted by Crippen LogP contribution is 2.35. The Bertz CT molecular complexity index is 1070. The number of aliphatic hydroxyl groups is 2. The van der Waals surface area contributed by atoms with E-state index in [4.69, 9.17) is 14.5 Å². The molecule has 2 unspecified atom stereocenters. The van der Waals surface area contributed by atoms with Crippen LogP contribution in [0, 0.1) is 11.7 Å². The number of halogens is 2. The van der Waals surface area contributed by atoms with Gasteiger partial charge in [-0.25, -0.2) is 13.8 Å². The average Bonchev–Trinajstić information content (AvgIpc) is 3.36. The van der Waals surface area contributed by atoms with Gasteiger partial charge in [0.2, 0.25) is 0 Å². The third kappa shape index (κ3) is 6.69. The molecule has 3 atom stereocenters. The van der Waals surface area contributed by atoms with Crippen molar-refractivity contribution in [1.29, 1.82) is 0 Å². The molecule has 208 valence electrons. The number of ether oxygens (including phenoxy) is 2. The summed E-state index contributed by atoms with van der Waals surface area (Å²) in [4.78, 5) is 6.60. The molecule has 3 aliphatic rings. The zero-order chi connectivity index (χ0) is 26.5. The van der Waals surface area contributed by atoms with E-state index in [1.165, 1.54) is 17.7 Å². The molecule has 2 aromatic rings. The molecule has 3 aliphatic heterocycles. The maximum absolute atomic E-state index is 15.2. The van der Waals surface area contributed by atoms with E-state index in [-0.39, 0.29) is 18.6 Å². The van der Waals surface area contributed by atoms with E-state index in [9.17, 15) is 14.6 Å². The number of alkyl halides is 1. The zero-order valence-electron chi connectivity index (χ0n) is 21.8. The first-order valence-electron chi connectivity index (χ1n) is 13.9. The van der Waals surface area contributed by atoms with E-state index in [1.807, 2.05) is 4.90 Å². The number of nitrogens with one attached hydrogen (secondary N) is 1. The minimum absolute atomic E-state index is 0.00596. The maximum Gasteiger partial charge on any atom is 0.171 e. The number of rotatable bonds is 12. The predicted molar refractivity (Wildman–Crippen MR) is 140 cm³/mol. The Kier molecular flexibility index (Phi) is 9.22. The number of fused-ring (bicyclic) bond motifs is 1. The fourth-order valence-electron chi connectivity index (χ4n) is 5.79. The Labute approximate surface area is 223 Å². The molecule has 0 bridgehead atoms. The van der Waals surface area contributed by atoms with Crippen molar-refractivity contribution in [2.45, 2.75) is 76.2 Å². The minimum atomic E-state index is -1.72. The highest BCUT2D eigenvalue weighted by molar-refractivity contribution is 5.47. The van der Waals surface area contributed by atoms with Gasteiger partial charge in [0.25, 0.3) is 0 Å². The van der Waals surface area contributed by atoms with Crippen molar-refractivity contribution in [3.05, 3.63) is 58.5 Å². The molecule has 38 heavy (non-hydrogen) atoms. The number of anilines is 1. The van der Waals surface area contributed by atoms with Gasteiger partial charge in [0.05, 0.1) is 25.9 Å². The number of nitrogens with zero attached hydrogens (tertiary/aromatic N) is 2. The molecule has 0 aliphatic carbocycles. The van der Waals surface area contributed by atoms with E-state index in [0.29, 0.717) is 50.3 Å². The number of hydrogen-bond acceptors (Lipinski definition) is 7. The monoisotopic (exact) mass is 531 g/mol. The van der Waals surface area contributed by atoms with Gasteiger partial charge in [0.1, 0.15) is 23.9 Å². The molecular weight excluding hydrogens is 492 g/mol. The van der Waals surface area contributed by atoms with Crippen LogP contribution in [0.2, 0.25) is 0 Å². The molecule has 4 heterocycles. The van der Waals surface area contributed by atoms with E-state index in [0.717, 1.165) is 50.2 Å². The van der Waals surface area contributed by atoms with Crippen molar-refractivity contribution in [2.75, 3.05) is 38.2 Å². The molecule has 2 fully saturated rings. The largest absolute Gasteiger partial charge is 0.376 e. The highest BCUT2D eigenvalue weighted by atomic mass is 19.1. The van der Waals surface area contributed by atoms with E-state index >= 15 is 4.39 Å². The number of unbranched alkanes of at least 4 members (excludes halogenated alkanes) is 1. The highest BCUT2D eigenvalue weighted by Gasteiger charge is 2.37. The molecule has 1 aromatic heterocycles. The van der Waals surface area contributed by atoms with Crippen LogP contribution in [0.4, 0.5) is 14.6 Å². The lowest BCUT2D eigenvalue weighted by Gasteiger charge is -2.32. The maximum atomic E-state index is 15.2. The Hall–Kier alpha value is -2.17.